The monoisotopic (exact) mass is 435 g/mol. The van der Waals surface area contributed by atoms with Crippen LogP contribution in [0.1, 0.15) is 25.0 Å². The fourth-order valence-electron chi connectivity index (χ4n) is 3.34. The van der Waals surface area contributed by atoms with Gasteiger partial charge in [0.1, 0.15) is 0 Å². The molecule has 0 aliphatic rings. The van der Waals surface area contributed by atoms with Crippen molar-refractivity contribution in [1.29, 1.82) is 0 Å². The standard InChI is InChI=1S/C23H25N5O2S/c1-15(2)12-24-20(29)14-31-23-26-25-22-27(13-17-10-8-16(3)9-11-17)21(30)18-6-4-5-7-19(18)28(22)23/h4-11,15H,12-14H2,1-3H3,(H,24,29). The molecule has 2 aromatic carbocycles. The van der Waals surface area contributed by atoms with Gasteiger partial charge in [0.05, 0.1) is 23.2 Å². The molecule has 8 heteroatoms. The van der Waals surface area contributed by atoms with Crippen LogP contribution in [-0.2, 0) is 11.3 Å². The Hall–Kier alpha value is -3.13. The van der Waals surface area contributed by atoms with E-state index in [4.69, 9.17) is 0 Å². The first-order valence-electron chi connectivity index (χ1n) is 10.3. The van der Waals surface area contributed by atoms with Gasteiger partial charge in [-0.15, -0.1) is 10.2 Å². The molecule has 2 aromatic heterocycles. The van der Waals surface area contributed by atoms with E-state index in [1.165, 1.54) is 11.8 Å². The lowest BCUT2D eigenvalue weighted by Gasteiger charge is -2.12. The normalized spacial score (nSPS) is 11.5. The first kappa shape index (κ1) is 21.1. The molecular weight excluding hydrogens is 410 g/mol. The van der Waals surface area contributed by atoms with Crippen molar-refractivity contribution in [3.63, 3.8) is 0 Å². The fourth-order valence-corrected chi connectivity index (χ4v) is 4.11. The molecule has 0 atom stereocenters. The van der Waals surface area contributed by atoms with Gasteiger partial charge in [0.2, 0.25) is 11.7 Å². The summed E-state index contributed by atoms with van der Waals surface area (Å²) in [5.74, 6) is 1.05. The third-order valence-corrected chi connectivity index (χ3v) is 5.91. The van der Waals surface area contributed by atoms with Crippen LogP contribution in [0.5, 0.6) is 0 Å². The minimum absolute atomic E-state index is 0.0484. The quantitative estimate of drug-likeness (QED) is 0.451. The van der Waals surface area contributed by atoms with Gasteiger partial charge in [0, 0.05) is 6.54 Å². The molecule has 2 heterocycles. The zero-order chi connectivity index (χ0) is 22.0. The summed E-state index contributed by atoms with van der Waals surface area (Å²) in [6.07, 6.45) is 0. The average molecular weight is 436 g/mol. The molecule has 4 aromatic rings. The maximum atomic E-state index is 13.2. The number of carbonyl (C=O) groups excluding carboxylic acids is 1. The summed E-state index contributed by atoms with van der Waals surface area (Å²) in [5.41, 5.74) is 2.80. The SMILES string of the molecule is Cc1ccc(Cn2c(=O)c3ccccc3n3c(SCC(=O)NCC(C)C)nnc23)cc1. The molecule has 0 radical (unpaired) electrons. The highest BCUT2D eigenvalue weighted by molar-refractivity contribution is 7.99. The van der Waals surface area contributed by atoms with Crippen LogP contribution in [0.3, 0.4) is 0 Å². The van der Waals surface area contributed by atoms with Crippen molar-refractivity contribution in [2.75, 3.05) is 12.3 Å². The van der Waals surface area contributed by atoms with Gasteiger partial charge in [-0.05, 0) is 30.5 Å². The predicted octanol–water partition coefficient (Wildman–Crippen LogP) is 3.27. The van der Waals surface area contributed by atoms with E-state index in [1.807, 2.05) is 59.9 Å². The highest BCUT2D eigenvalue weighted by atomic mass is 32.2. The molecule has 1 N–H and O–H groups in total. The van der Waals surface area contributed by atoms with Gasteiger partial charge in [0.15, 0.2) is 5.16 Å². The Morgan fingerprint density at radius 2 is 1.84 bits per heavy atom. The summed E-state index contributed by atoms with van der Waals surface area (Å²) in [7, 11) is 0. The van der Waals surface area contributed by atoms with Gasteiger partial charge < -0.3 is 5.32 Å². The van der Waals surface area contributed by atoms with Gasteiger partial charge in [-0.25, -0.2) is 0 Å². The second kappa shape index (κ2) is 8.93. The van der Waals surface area contributed by atoms with Crippen molar-refractivity contribution in [3.8, 4) is 0 Å². The van der Waals surface area contributed by atoms with Crippen LogP contribution in [0, 0.1) is 12.8 Å². The second-order valence-corrected chi connectivity index (χ2v) is 8.94. The first-order chi connectivity index (χ1) is 14.9. The molecule has 0 aliphatic carbocycles. The van der Waals surface area contributed by atoms with E-state index >= 15 is 0 Å². The molecular formula is C23H25N5O2S. The number of para-hydroxylation sites is 1. The Morgan fingerprint density at radius 3 is 2.58 bits per heavy atom. The summed E-state index contributed by atoms with van der Waals surface area (Å²) in [6, 6.07) is 15.5. The third kappa shape index (κ3) is 4.49. The van der Waals surface area contributed by atoms with Crippen molar-refractivity contribution in [1.82, 2.24) is 24.5 Å². The van der Waals surface area contributed by atoms with E-state index in [9.17, 15) is 9.59 Å². The van der Waals surface area contributed by atoms with E-state index < -0.39 is 0 Å². The van der Waals surface area contributed by atoms with E-state index in [0.29, 0.717) is 35.3 Å². The molecule has 0 aliphatic heterocycles. The first-order valence-corrected chi connectivity index (χ1v) is 11.2. The maximum Gasteiger partial charge on any atom is 0.263 e. The molecule has 0 fully saturated rings. The van der Waals surface area contributed by atoms with Gasteiger partial charge in [-0.2, -0.15) is 0 Å². The molecule has 0 saturated heterocycles. The lowest BCUT2D eigenvalue weighted by atomic mass is 10.1. The van der Waals surface area contributed by atoms with Crippen LogP contribution in [0.4, 0.5) is 0 Å². The zero-order valence-electron chi connectivity index (χ0n) is 17.8. The second-order valence-electron chi connectivity index (χ2n) is 8.00. The molecule has 31 heavy (non-hydrogen) atoms. The minimum atomic E-state index is -0.109. The Labute approximate surface area is 184 Å². The van der Waals surface area contributed by atoms with Gasteiger partial charge >= 0.3 is 0 Å². The molecule has 1 amide bonds. The number of carbonyl (C=O) groups is 1. The lowest BCUT2D eigenvalue weighted by molar-refractivity contribution is -0.118. The van der Waals surface area contributed by atoms with E-state index in [1.54, 1.807) is 4.57 Å². The van der Waals surface area contributed by atoms with Crippen molar-refractivity contribution < 1.29 is 4.79 Å². The smallest absolute Gasteiger partial charge is 0.263 e. The molecule has 4 rings (SSSR count). The predicted molar refractivity (Wildman–Crippen MR) is 124 cm³/mol. The van der Waals surface area contributed by atoms with Crippen LogP contribution < -0.4 is 10.9 Å². The number of aromatic nitrogens is 4. The van der Waals surface area contributed by atoms with Gasteiger partial charge in [0.25, 0.3) is 5.56 Å². The minimum Gasteiger partial charge on any atom is -0.355 e. The summed E-state index contributed by atoms with van der Waals surface area (Å²) < 4.78 is 3.51. The summed E-state index contributed by atoms with van der Waals surface area (Å²) in [4.78, 5) is 25.4. The number of nitrogens with zero attached hydrogens (tertiary/aromatic N) is 4. The van der Waals surface area contributed by atoms with Crippen LogP contribution >= 0.6 is 11.8 Å². The average Bonchev–Trinajstić information content (AvgIpc) is 3.19. The number of hydrogen-bond donors (Lipinski definition) is 1. The maximum absolute atomic E-state index is 13.2. The van der Waals surface area contributed by atoms with E-state index in [0.717, 1.165) is 16.6 Å². The largest absolute Gasteiger partial charge is 0.355 e. The number of rotatable bonds is 7. The van der Waals surface area contributed by atoms with E-state index in [2.05, 4.69) is 29.4 Å². The van der Waals surface area contributed by atoms with Gasteiger partial charge in [-0.1, -0.05) is 67.6 Å². The van der Waals surface area contributed by atoms with E-state index in [-0.39, 0.29) is 17.2 Å². The van der Waals surface area contributed by atoms with Crippen LogP contribution in [0.25, 0.3) is 16.7 Å². The lowest BCUT2D eigenvalue weighted by Crippen LogP contribution is -2.28. The van der Waals surface area contributed by atoms with Gasteiger partial charge in [-0.3, -0.25) is 18.6 Å². The Bertz CT molecular complexity index is 1290. The molecule has 160 valence electrons. The molecule has 0 spiro atoms. The van der Waals surface area contributed by atoms with Crippen LogP contribution in [0.2, 0.25) is 0 Å². The van der Waals surface area contributed by atoms with Crippen molar-refractivity contribution in [3.05, 3.63) is 70.0 Å². The summed E-state index contributed by atoms with van der Waals surface area (Å²) in [5, 5.41) is 12.7. The highest BCUT2D eigenvalue weighted by Gasteiger charge is 2.18. The number of amides is 1. The number of aryl methyl sites for hydroxylation is 1. The molecule has 0 bridgehead atoms. The van der Waals surface area contributed by atoms with Crippen molar-refractivity contribution >= 4 is 34.3 Å². The van der Waals surface area contributed by atoms with Crippen molar-refractivity contribution in [2.24, 2.45) is 5.92 Å². The number of fused-ring (bicyclic) bond motifs is 3. The summed E-state index contributed by atoms with van der Waals surface area (Å²) >= 11 is 1.32. The number of nitrogens with one attached hydrogen (secondary N) is 1. The fraction of sp³-hybridized carbons (Fsp3) is 0.304. The topological polar surface area (TPSA) is 81.3 Å². The van der Waals surface area contributed by atoms with Crippen LogP contribution in [0.15, 0.2) is 58.5 Å². The molecule has 7 nitrogen and oxygen atoms in total. The Morgan fingerprint density at radius 1 is 1.10 bits per heavy atom. The molecule has 0 saturated carbocycles. The van der Waals surface area contributed by atoms with Crippen LogP contribution in [-0.4, -0.2) is 37.4 Å². The number of benzene rings is 2. The van der Waals surface area contributed by atoms with Crippen molar-refractivity contribution in [2.45, 2.75) is 32.5 Å². The number of thioether (sulfide) groups is 1. The highest BCUT2D eigenvalue weighted by Crippen LogP contribution is 2.22. The number of hydrogen-bond acceptors (Lipinski definition) is 5. The Balaban J connectivity index is 1.75. The molecule has 0 unspecified atom stereocenters. The zero-order valence-corrected chi connectivity index (χ0v) is 18.6. The summed E-state index contributed by atoms with van der Waals surface area (Å²) in [6.45, 7) is 7.17. The Kier molecular flexibility index (Phi) is 6.08. The third-order valence-electron chi connectivity index (χ3n) is 4.98.